The van der Waals surface area contributed by atoms with Gasteiger partial charge in [0.1, 0.15) is 17.6 Å². The molecule has 7 heteroatoms. The molecule has 0 radical (unpaired) electrons. The molecule has 134 valence electrons. The van der Waals surface area contributed by atoms with Gasteiger partial charge in [-0.2, -0.15) is 0 Å². The van der Waals surface area contributed by atoms with Gasteiger partial charge >= 0.3 is 0 Å². The second-order valence-corrected chi connectivity index (χ2v) is 6.30. The lowest BCUT2D eigenvalue weighted by Gasteiger charge is -2.19. The van der Waals surface area contributed by atoms with E-state index in [0.717, 1.165) is 0 Å². The number of benzene rings is 2. The number of nitrogens with zero attached hydrogens (tertiary/aromatic N) is 2. The van der Waals surface area contributed by atoms with Gasteiger partial charge in [-0.1, -0.05) is 23.7 Å². The van der Waals surface area contributed by atoms with E-state index in [-0.39, 0.29) is 11.5 Å². The van der Waals surface area contributed by atoms with Crippen LogP contribution in [-0.4, -0.2) is 22.6 Å². The van der Waals surface area contributed by atoms with Gasteiger partial charge in [0, 0.05) is 5.02 Å². The maximum Gasteiger partial charge on any atom is 0.262 e. The number of hydrogen-bond acceptors (Lipinski definition) is 4. The summed E-state index contributed by atoms with van der Waals surface area (Å²) in [6.07, 6.45) is 0. The summed E-state index contributed by atoms with van der Waals surface area (Å²) in [5.74, 6) is 0.581. The van der Waals surface area contributed by atoms with Crippen molar-refractivity contribution in [3.8, 4) is 5.75 Å². The van der Waals surface area contributed by atoms with E-state index in [1.54, 1.807) is 50.2 Å². The monoisotopic (exact) mass is 371 g/mol. The van der Waals surface area contributed by atoms with Crippen molar-refractivity contribution >= 4 is 34.1 Å². The zero-order chi connectivity index (χ0) is 18.8. The molecule has 1 aromatic heterocycles. The van der Waals surface area contributed by atoms with Crippen molar-refractivity contribution in [3.63, 3.8) is 0 Å². The Kier molecular flexibility index (Phi) is 4.95. The van der Waals surface area contributed by atoms with Crippen molar-refractivity contribution < 1.29 is 9.53 Å². The van der Waals surface area contributed by atoms with Crippen LogP contribution in [0.4, 0.5) is 5.69 Å². The molecule has 0 bridgehead atoms. The number of aromatic nitrogens is 2. The number of nitrogens with one attached hydrogen (secondary N) is 1. The number of rotatable bonds is 4. The Morgan fingerprint density at radius 3 is 2.73 bits per heavy atom. The highest BCUT2D eigenvalue weighted by atomic mass is 35.5. The van der Waals surface area contributed by atoms with E-state index in [1.165, 1.54) is 11.7 Å². The van der Waals surface area contributed by atoms with Gasteiger partial charge in [-0.3, -0.25) is 14.2 Å². The largest absolute Gasteiger partial charge is 0.495 e. The molecule has 0 spiro atoms. The van der Waals surface area contributed by atoms with Gasteiger partial charge < -0.3 is 10.1 Å². The number of carbonyl (C=O) groups excluding carboxylic acids is 1. The van der Waals surface area contributed by atoms with Gasteiger partial charge in [-0.05, 0) is 44.2 Å². The van der Waals surface area contributed by atoms with Crippen molar-refractivity contribution in [1.29, 1.82) is 0 Å². The van der Waals surface area contributed by atoms with Crippen molar-refractivity contribution in [3.05, 3.63) is 63.7 Å². The van der Waals surface area contributed by atoms with Crippen LogP contribution in [0.25, 0.3) is 10.9 Å². The fourth-order valence-electron chi connectivity index (χ4n) is 2.85. The molecular formula is C19H18ClN3O3. The Morgan fingerprint density at radius 1 is 1.27 bits per heavy atom. The number of hydrogen-bond donors (Lipinski definition) is 1. The molecule has 0 unspecified atom stereocenters. The summed E-state index contributed by atoms with van der Waals surface area (Å²) in [5, 5.41) is 3.70. The maximum absolute atomic E-state index is 12.8. The number of carbonyl (C=O) groups is 1. The van der Waals surface area contributed by atoms with E-state index in [2.05, 4.69) is 10.3 Å². The molecule has 3 aromatic rings. The summed E-state index contributed by atoms with van der Waals surface area (Å²) in [6, 6.07) is 11.2. The van der Waals surface area contributed by atoms with Crippen LogP contribution in [0.1, 0.15) is 18.8 Å². The lowest BCUT2D eigenvalue weighted by atomic mass is 10.2. The minimum atomic E-state index is -0.761. The first-order valence-corrected chi connectivity index (χ1v) is 8.42. The van der Waals surface area contributed by atoms with Gasteiger partial charge in [-0.25, -0.2) is 4.98 Å². The fourth-order valence-corrected chi connectivity index (χ4v) is 3.02. The minimum Gasteiger partial charge on any atom is -0.495 e. The normalized spacial score (nSPS) is 12.0. The third-order valence-corrected chi connectivity index (χ3v) is 4.41. The highest BCUT2D eigenvalue weighted by molar-refractivity contribution is 6.31. The molecule has 0 fully saturated rings. The van der Waals surface area contributed by atoms with E-state index in [9.17, 15) is 9.59 Å². The molecule has 0 aliphatic heterocycles. The van der Waals surface area contributed by atoms with E-state index < -0.39 is 6.04 Å². The summed E-state index contributed by atoms with van der Waals surface area (Å²) in [5.41, 5.74) is 0.792. The first kappa shape index (κ1) is 17.9. The van der Waals surface area contributed by atoms with Crippen LogP contribution in [-0.2, 0) is 4.79 Å². The summed E-state index contributed by atoms with van der Waals surface area (Å²) in [7, 11) is 1.50. The second kappa shape index (κ2) is 7.17. The van der Waals surface area contributed by atoms with E-state index in [4.69, 9.17) is 16.3 Å². The van der Waals surface area contributed by atoms with Crippen molar-refractivity contribution in [2.24, 2.45) is 0 Å². The third kappa shape index (κ3) is 3.28. The molecule has 0 aliphatic carbocycles. The molecule has 1 atom stereocenters. The van der Waals surface area contributed by atoms with Gasteiger partial charge in [-0.15, -0.1) is 0 Å². The number of fused-ring (bicyclic) bond motifs is 1. The molecule has 26 heavy (non-hydrogen) atoms. The maximum atomic E-state index is 12.8. The van der Waals surface area contributed by atoms with Gasteiger partial charge in [0.25, 0.3) is 5.56 Å². The van der Waals surface area contributed by atoms with Crippen LogP contribution < -0.4 is 15.6 Å². The Hall–Kier alpha value is -2.86. The molecule has 1 amide bonds. The van der Waals surface area contributed by atoms with Crippen LogP contribution in [0.5, 0.6) is 5.75 Å². The average molecular weight is 372 g/mol. The zero-order valence-corrected chi connectivity index (χ0v) is 15.4. The second-order valence-electron chi connectivity index (χ2n) is 5.86. The van der Waals surface area contributed by atoms with Crippen molar-refractivity contribution in [2.45, 2.75) is 19.9 Å². The average Bonchev–Trinajstić information content (AvgIpc) is 2.61. The molecule has 6 nitrogen and oxygen atoms in total. The van der Waals surface area contributed by atoms with Crippen molar-refractivity contribution in [2.75, 3.05) is 12.4 Å². The fraction of sp³-hybridized carbons (Fsp3) is 0.211. The third-order valence-electron chi connectivity index (χ3n) is 4.17. The lowest BCUT2D eigenvalue weighted by Crippen LogP contribution is -2.33. The van der Waals surface area contributed by atoms with Gasteiger partial charge in [0.2, 0.25) is 5.91 Å². The molecule has 1 heterocycles. The molecule has 0 saturated carbocycles. The molecule has 1 N–H and O–H groups in total. The molecule has 0 saturated heterocycles. The van der Waals surface area contributed by atoms with Crippen LogP contribution in [0.15, 0.2) is 47.3 Å². The quantitative estimate of drug-likeness (QED) is 0.761. The van der Waals surface area contributed by atoms with Crippen LogP contribution in [0, 0.1) is 6.92 Å². The summed E-state index contributed by atoms with van der Waals surface area (Å²) >= 11 is 6.00. The van der Waals surface area contributed by atoms with Crippen LogP contribution in [0.3, 0.4) is 0 Å². The number of amides is 1. The number of methoxy groups -OCH3 is 1. The summed E-state index contributed by atoms with van der Waals surface area (Å²) < 4.78 is 6.62. The Bertz CT molecular complexity index is 1050. The number of anilines is 1. The number of ether oxygens (including phenoxy) is 1. The van der Waals surface area contributed by atoms with Crippen LogP contribution in [0.2, 0.25) is 5.02 Å². The summed E-state index contributed by atoms with van der Waals surface area (Å²) in [4.78, 5) is 30.0. The van der Waals surface area contributed by atoms with Gasteiger partial charge in [0.15, 0.2) is 0 Å². The smallest absolute Gasteiger partial charge is 0.262 e. The molecule has 2 aromatic carbocycles. The van der Waals surface area contributed by atoms with E-state index in [0.29, 0.717) is 33.2 Å². The lowest BCUT2D eigenvalue weighted by molar-refractivity contribution is -0.118. The molecular weight excluding hydrogens is 354 g/mol. The number of para-hydroxylation sites is 1. The van der Waals surface area contributed by atoms with Crippen molar-refractivity contribution in [1.82, 2.24) is 9.55 Å². The number of aryl methyl sites for hydroxylation is 1. The van der Waals surface area contributed by atoms with Gasteiger partial charge in [0.05, 0.1) is 23.7 Å². The predicted octanol–water partition coefficient (Wildman–Crippen LogP) is 3.57. The zero-order valence-electron chi connectivity index (χ0n) is 14.6. The Labute approximate surface area is 155 Å². The standard InChI is InChI=1S/C19H18ClN3O3/c1-11(18(24)22-16-10-13(20)8-9-17(16)26-3)23-12(2)21-15-7-5-4-6-14(15)19(23)25/h4-11H,1-3H3,(H,22,24)/t11-/m0/s1. The summed E-state index contributed by atoms with van der Waals surface area (Å²) in [6.45, 7) is 3.36. The first-order valence-electron chi connectivity index (χ1n) is 8.04. The predicted molar refractivity (Wildman–Crippen MR) is 102 cm³/mol. The first-order chi connectivity index (χ1) is 12.4. The Morgan fingerprint density at radius 2 is 2.00 bits per heavy atom. The SMILES string of the molecule is COc1ccc(Cl)cc1NC(=O)[C@H](C)n1c(C)nc2ccccc2c1=O. The topological polar surface area (TPSA) is 73.2 Å². The highest BCUT2D eigenvalue weighted by Crippen LogP contribution is 2.28. The van der Waals surface area contributed by atoms with Crippen LogP contribution >= 0.6 is 11.6 Å². The Balaban J connectivity index is 1.98. The minimum absolute atomic E-state index is 0.256. The highest BCUT2D eigenvalue weighted by Gasteiger charge is 2.21. The molecule has 0 aliphatic rings. The van der Waals surface area contributed by atoms with E-state index in [1.807, 2.05) is 6.07 Å². The van der Waals surface area contributed by atoms with E-state index >= 15 is 0 Å². The molecule has 3 rings (SSSR count). The number of halogens is 1.